The molecule has 1 aliphatic rings. The largest absolute Gasteiger partial charge is 0.396 e. The second-order valence-electron chi connectivity index (χ2n) is 5.44. The van der Waals surface area contributed by atoms with Gasteiger partial charge in [0.25, 0.3) is 0 Å². The van der Waals surface area contributed by atoms with Gasteiger partial charge < -0.3 is 5.11 Å². The first-order valence-electron chi connectivity index (χ1n) is 7.12. The van der Waals surface area contributed by atoms with Gasteiger partial charge in [-0.1, -0.05) is 0 Å². The van der Waals surface area contributed by atoms with Gasteiger partial charge in [0.15, 0.2) is 0 Å². The molecule has 0 amide bonds. The Morgan fingerprint density at radius 3 is 3.15 bits per heavy atom. The molecule has 1 unspecified atom stereocenters. The van der Waals surface area contributed by atoms with Gasteiger partial charge in [-0.05, 0) is 37.4 Å². The van der Waals surface area contributed by atoms with E-state index in [1.165, 1.54) is 5.56 Å². The van der Waals surface area contributed by atoms with E-state index >= 15 is 0 Å². The van der Waals surface area contributed by atoms with E-state index in [9.17, 15) is 5.11 Å². The molecule has 0 radical (unpaired) electrons. The van der Waals surface area contributed by atoms with E-state index in [4.69, 9.17) is 0 Å². The third-order valence-corrected chi connectivity index (χ3v) is 3.92. The Hall–Kier alpha value is -1.72. The molecule has 0 spiro atoms. The van der Waals surface area contributed by atoms with Crippen LogP contribution in [0, 0.1) is 5.92 Å². The highest BCUT2D eigenvalue weighted by molar-refractivity contribution is 5.61. The van der Waals surface area contributed by atoms with E-state index in [0.717, 1.165) is 43.7 Å². The monoisotopic (exact) mass is 272 g/mol. The molecule has 20 heavy (non-hydrogen) atoms. The van der Waals surface area contributed by atoms with Gasteiger partial charge in [-0.2, -0.15) is 5.10 Å². The van der Waals surface area contributed by atoms with Crippen molar-refractivity contribution >= 4 is 0 Å². The number of hydrogen-bond acceptors (Lipinski definition) is 4. The first-order chi connectivity index (χ1) is 9.86. The Morgan fingerprint density at radius 2 is 2.35 bits per heavy atom. The molecular weight excluding hydrogens is 252 g/mol. The van der Waals surface area contributed by atoms with Crippen LogP contribution in [-0.2, 0) is 6.54 Å². The Labute approximate surface area is 118 Å². The number of likely N-dealkylation sites (tertiary alicyclic amines) is 1. The number of hydrogen-bond donors (Lipinski definition) is 2. The summed E-state index contributed by atoms with van der Waals surface area (Å²) in [6, 6.07) is 3.97. The van der Waals surface area contributed by atoms with Gasteiger partial charge in [-0.15, -0.1) is 0 Å². The lowest BCUT2D eigenvalue weighted by Gasteiger charge is -2.31. The van der Waals surface area contributed by atoms with E-state index in [0.29, 0.717) is 5.92 Å². The van der Waals surface area contributed by atoms with Crippen molar-refractivity contribution in [1.82, 2.24) is 20.1 Å². The van der Waals surface area contributed by atoms with Crippen LogP contribution in [0.5, 0.6) is 0 Å². The number of rotatable bonds is 4. The van der Waals surface area contributed by atoms with Gasteiger partial charge in [0, 0.05) is 43.2 Å². The average Bonchev–Trinajstić information content (AvgIpc) is 2.96. The van der Waals surface area contributed by atoms with Gasteiger partial charge in [-0.25, -0.2) is 0 Å². The highest BCUT2D eigenvalue weighted by Crippen LogP contribution is 2.23. The van der Waals surface area contributed by atoms with E-state index in [2.05, 4.69) is 20.1 Å². The number of piperidine rings is 1. The fourth-order valence-corrected chi connectivity index (χ4v) is 2.88. The molecule has 1 saturated heterocycles. The summed E-state index contributed by atoms with van der Waals surface area (Å²) in [5.41, 5.74) is 3.30. The van der Waals surface area contributed by atoms with Crippen molar-refractivity contribution in [1.29, 1.82) is 0 Å². The van der Waals surface area contributed by atoms with Crippen LogP contribution in [-0.4, -0.2) is 44.9 Å². The number of aliphatic hydroxyl groups is 1. The summed E-state index contributed by atoms with van der Waals surface area (Å²) in [4.78, 5) is 6.56. The first kappa shape index (κ1) is 13.3. The van der Waals surface area contributed by atoms with Crippen molar-refractivity contribution in [2.75, 3.05) is 19.7 Å². The number of aromatic amines is 1. The molecule has 3 heterocycles. The molecule has 0 bridgehead atoms. The second-order valence-corrected chi connectivity index (χ2v) is 5.44. The predicted molar refractivity (Wildman–Crippen MR) is 76.9 cm³/mol. The van der Waals surface area contributed by atoms with Crippen molar-refractivity contribution in [3.8, 4) is 11.3 Å². The summed E-state index contributed by atoms with van der Waals surface area (Å²) >= 11 is 0. The van der Waals surface area contributed by atoms with Crippen LogP contribution < -0.4 is 0 Å². The Kier molecular flexibility index (Phi) is 4.08. The molecule has 2 N–H and O–H groups in total. The first-order valence-corrected chi connectivity index (χ1v) is 7.12. The summed E-state index contributed by atoms with van der Waals surface area (Å²) in [6.45, 7) is 3.22. The number of aromatic nitrogens is 3. The minimum absolute atomic E-state index is 0.289. The lowest BCUT2D eigenvalue weighted by Crippen LogP contribution is -2.36. The number of aliphatic hydroxyl groups excluding tert-OH is 1. The van der Waals surface area contributed by atoms with Gasteiger partial charge >= 0.3 is 0 Å². The molecule has 0 saturated carbocycles. The van der Waals surface area contributed by atoms with Crippen LogP contribution in [0.1, 0.15) is 18.4 Å². The lowest BCUT2D eigenvalue weighted by molar-refractivity contribution is 0.116. The number of nitrogens with one attached hydrogen (secondary N) is 1. The van der Waals surface area contributed by atoms with Crippen LogP contribution >= 0.6 is 0 Å². The maximum Gasteiger partial charge on any atom is 0.0710 e. The molecule has 5 nitrogen and oxygen atoms in total. The molecular formula is C15H20N4O. The molecule has 1 aliphatic heterocycles. The second kappa shape index (κ2) is 6.15. The zero-order valence-corrected chi connectivity index (χ0v) is 11.5. The van der Waals surface area contributed by atoms with E-state index in [1.807, 2.05) is 24.5 Å². The summed E-state index contributed by atoms with van der Waals surface area (Å²) in [6.07, 6.45) is 7.81. The Balaban J connectivity index is 1.74. The highest BCUT2D eigenvalue weighted by atomic mass is 16.3. The predicted octanol–water partition coefficient (Wildman–Crippen LogP) is 1.68. The SMILES string of the molecule is OCC1CCCN(Cc2cn[nH]c2-c2cccnc2)C1. The number of pyridine rings is 1. The third-order valence-electron chi connectivity index (χ3n) is 3.92. The Bertz CT molecular complexity index is 540. The summed E-state index contributed by atoms with van der Waals surface area (Å²) in [7, 11) is 0. The number of H-pyrrole nitrogens is 1. The standard InChI is InChI=1S/C15H20N4O/c20-11-12-3-2-6-19(9-12)10-14-8-17-18-15(14)13-4-1-5-16-7-13/h1,4-5,7-8,12,20H,2-3,6,9-11H2,(H,17,18). The maximum atomic E-state index is 9.31. The minimum atomic E-state index is 0.289. The van der Waals surface area contributed by atoms with Crippen LogP contribution in [0.4, 0.5) is 0 Å². The topological polar surface area (TPSA) is 65.0 Å². The zero-order valence-electron chi connectivity index (χ0n) is 11.5. The highest BCUT2D eigenvalue weighted by Gasteiger charge is 2.20. The van der Waals surface area contributed by atoms with Crippen molar-refractivity contribution in [2.24, 2.45) is 5.92 Å². The molecule has 1 fully saturated rings. The Morgan fingerprint density at radius 1 is 1.40 bits per heavy atom. The third kappa shape index (κ3) is 2.89. The van der Waals surface area contributed by atoms with Crippen LogP contribution in [0.3, 0.4) is 0 Å². The molecule has 3 rings (SSSR count). The summed E-state index contributed by atoms with van der Waals surface area (Å²) in [5, 5.41) is 16.6. The van der Waals surface area contributed by atoms with Crippen molar-refractivity contribution in [3.05, 3.63) is 36.3 Å². The van der Waals surface area contributed by atoms with E-state index < -0.39 is 0 Å². The molecule has 2 aromatic rings. The van der Waals surface area contributed by atoms with Crippen LogP contribution in [0.2, 0.25) is 0 Å². The van der Waals surface area contributed by atoms with Gasteiger partial charge in [0.05, 0.1) is 11.9 Å². The molecule has 106 valence electrons. The number of nitrogens with zero attached hydrogens (tertiary/aromatic N) is 3. The maximum absolute atomic E-state index is 9.31. The average molecular weight is 272 g/mol. The van der Waals surface area contributed by atoms with E-state index in [-0.39, 0.29) is 6.61 Å². The molecule has 2 aromatic heterocycles. The summed E-state index contributed by atoms with van der Waals surface area (Å²) in [5.74, 6) is 0.414. The molecule has 5 heteroatoms. The summed E-state index contributed by atoms with van der Waals surface area (Å²) < 4.78 is 0. The van der Waals surface area contributed by atoms with Gasteiger partial charge in [-0.3, -0.25) is 15.0 Å². The fourth-order valence-electron chi connectivity index (χ4n) is 2.88. The minimum Gasteiger partial charge on any atom is -0.396 e. The lowest BCUT2D eigenvalue weighted by atomic mass is 9.98. The smallest absolute Gasteiger partial charge is 0.0710 e. The quantitative estimate of drug-likeness (QED) is 0.888. The normalized spacial score (nSPS) is 20.1. The van der Waals surface area contributed by atoms with Gasteiger partial charge in [0.1, 0.15) is 0 Å². The fraction of sp³-hybridized carbons (Fsp3) is 0.467. The van der Waals surface area contributed by atoms with Crippen molar-refractivity contribution in [2.45, 2.75) is 19.4 Å². The molecule has 0 aliphatic carbocycles. The van der Waals surface area contributed by atoms with Crippen molar-refractivity contribution < 1.29 is 5.11 Å². The molecule has 0 aromatic carbocycles. The van der Waals surface area contributed by atoms with Crippen LogP contribution in [0.25, 0.3) is 11.3 Å². The molecule has 1 atom stereocenters. The van der Waals surface area contributed by atoms with Crippen molar-refractivity contribution in [3.63, 3.8) is 0 Å². The van der Waals surface area contributed by atoms with Crippen LogP contribution in [0.15, 0.2) is 30.7 Å². The zero-order chi connectivity index (χ0) is 13.8. The van der Waals surface area contributed by atoms with E-state index in [1.54, 1.807) is 6.20 Å². The van der Waals surface area contributed by atoms with Gasteiger partial charge in [0.2, 0.25) is 0 Å².